The highest BCUT2D eigenvalue weighted by Gasteiger charge is 2.26. The normalized spacial score (nSPS) is 18.4. The predicted octanol–water partition coefficient (Wildman–Crippen LogP) is -1.35. The quantitative estimate of drug-likeness (QED) is 0.550. The SMILES string of the molecule is CS(=O)(=O)C(F)C(N)CO. The summed E-state index contributed by atoms with van der Waals surface area (Å²) in [5.74, 6) is 0. The van der Waals surface area contributed by atoms with Crippen LogP contribution in [0.3, 0.4) is 0 Å². The van der Waals surface area contributed by atoms with Gasteiger partial charge in [0, 0.05) is 6.26 Å². The third kappa shape index (κ3) is 2.59. The lowest BCUT2D eigenvalue weighted by atomic mass is 10.4. The molecule has 0 radical (unpaired) electrons. The van der Waals surface area contributed by atoms with Crippen LogP contribution in [0.4, 0.5) is 4.39 Å². The van der Waals surface area contributed by atoms with Crippen molar-refractivity contribution in [2.24, 2.45) is 5.73 Å². The molecule has 0 aliphatic rings. The number of nitrogens with two attached hydrogens (primary N) is 1. The third-order valence-electron chi connectivity index (χ3n) is 0.956. The minimum absolute atomic E-state index is 0.672. The van der Waals surface area contributed by atoms with E-state index in [9.17, 15) is 12.8 Å². The van der Waals surface area contributed by atoms with E-state index < -0.39 is 28.0 Å². The standard InChI is InChI=1S/C4H10FNO3S/c1-10(8,9)4(5)3(6)2-7/h3-4,7H,2,6H2,1H3. The first-order valence-corrected chi connectivity index (χ1v) is 4.54. The van der Waals surface area contributed by atoms with Gasteiger partial charge in [-0.15, -0.1) is 0 Å². The summed E-state index contributed by atoms with van der Waals surface area (Å²) < 4.78 is 33.2. The van der Waals surface area contributed by atoms with Crippen LogP contribution in [0, 0.1) is 0 Å². The van der Waals surface area contributed by atoms with E-state index in [2.05, 4.69) is 0 Å². The Morgan fingerprint density at radius 2 is 2.10 bits per heavy atom. The van der Waals surface area contributed by atoms with Crippen molar-refractivity contribution in [3.8, 4) is 0 Å². The number of alkyl halides is 1. The zero-order chi connectivity index (χ0) is 8.36. The molecule has 0 spiro atoms. The first-order valence-electron chi connectivity index (χ1n) is 2.59. The lowest BCUT2D eigenvalue weighted by molar-refractivity contribution is 0.225. The fourth-order valence-corrected chi connectivity index (χ4v) is 1.12. The summed E-state index contributed by atoms with van der Waals surface area (Å²) in [4.78, 5) is 0. The van der Waals surface area contributed by atoms with Gasteiger partial charge >= 0.3 is 0 Å². The van der Waals surface area contributed by atoms with Crippen molar-refractivity contribution in [1.29, 1.82) is 0 Å². The van der Waals surface area contributed by atoms with E-state index >= 15 is 0 Å². The second kappa shape index (κ2) is 3.27. The van der Waals surface area contributed by atoms with Gasteiger partial charge in [0.15, 0.2) is 9.84 Å². The zero-order valence-corrected chi connectivity index (χ0v) is 6.31. The van der Waals surface area contributed by atoms with E-state index in [-0.39, 0.29) is 0 Å². The smallest absolute Gasteiger partial charge is 0.217 e. The zero-order valence-electron chi connectivity index (χ0n) is 5.49. The second-order valence-electron chi connectivity index (χ2n) is 2.03. The van der Waals surface area contributed by atoms with E-state index in [0.717, 1.165) is 6.26 Å². The van der Waals surface area contributed by atoms with Gasteiger partial charge in [0.2, 0.25) is 5.50 Å². The number of aliphatic hydroxyl groups is 1. The molecule has 0 saturated heterocycles. The number of aliphatic hydroxyl groups excluding tert-OH is 1. The first-order chi connectivity index (χ1) is 4.39. The van der Waals surface area contributed by atoms with Gasteiger partial charge in [0.1, 0.15) is 0 Å². The Labute approximate surface area is 58.8 Å². The molecule has 0 rings (SSSR count). The maximum atomic E-state index is 12.4. The molecule has 0 amide bonds. The van der Waals surface area contributed by atoms with E-state index in [1.54, 1.807) is 0 Å². The summed E-state index contributed by atoms with van der Waals surface area (Å²) in [5, 5.41) is 8.24. The Kier molecular flexibility index (Phi) is 3.20. The van der Waals surface area contributed by atoms with E-state index in [1.165, 1.54) is 0 Å². The molecule has 2 unspecified atom stereocenters. The Morgan fingerprint density at radius 3 is 2.20 bits per heavy atom. The Bertz CT molecular complexity index is 191. The van der Waals surface area contributed by atoms with Crippen molar-refractivity contribution < 1.29 is 17.9 Å². The van der Waals surface area contributed by atoms with E-state index in [0.29, 0.717) is 0 Å². The largest absolute Gasteiger partial charge is 0.395 e. The average Bonchev–Trinajstić information content (AvgIpc) is 1.83. The van der Waals surface area contributed by atoms with Gasteiger partial charge in [-0.05, 0) is 0 Å². The van der Waals surface area contributed by atoms with Crippen LogP contribution in [-0.2, 0) is 9.84 Å². The highest BCUT2D eigenvalue weighted by Crippen LogP contribution is 2.03. The molecule has 0 fully saturated rings. The van der Waals surface area contributed by atoms with Gasteiger partial charge in [-0.3, -0.25) is 0 Å². The molecule has 10 heavy (non-hydrogen) atoms. The number of rotatable bonds is 3. The summed E-state index contributed by atoms with van der Waals surface area (Å²) >= 11 is 0. The summed E-state index contributed by atoms with van der Waals surface area (Å²) in [7, 11) is -3.77. The molecule has 0 aliphatic heterocycles. The average molecular weight is 171 g/mol. The molecule has 0 aromatic rings. The van der Waals surface area contributed by atoms with Crippen molar-refractivity contribution in [1.82, 2.24) is 0 Å². The molecule has 2 atom stereocenters. The minimum atomic E-state index is -3.77. The van der Waals surface area contributed by atoms with Crippen LogP contribution in [0.15, 0.2) is 0 Å². The first kappa shape index (κ1) is 9.80. The highest BCUT2D eigenvalue weighted by atomic mass is 32.2. The van der Waals surface area contributed by atoms with E-state index in [4.69, 9.17) is 10.8 Å². The van der Waals surface area contributed by atoms with Gasteiger partial charge < -0.3 is 10.8 Å². The van der Waals surface area contributed by atoms with Crippen LogP contribution in [0.25, 0.3) is 0 Å². The summed E-state index contributed by atoms with van der Waals surface area (Å²) in [6.07, 6.45) is 0.729. The van der Waals surface area contributed by atoms with Crippen molar-refractivity contribution in [2.75, 3.05) is 12.9 Å². The molecule has 62 valence electrons. The van der Waals surface area contributed by atoms with Crippen LogP contribution in [-0.4, -0.2) is 37.9 Å². The van der Waals surface area contributed by atoms with Gasteiger partial charge in [-0.1, -0.05) is 0 Å². The van der Waals surface area contributed by atoms with Crippen LogP contribution in [0.1, 0.15) is 0 Å². The van der Waals surface area contributed by atoms with Crippen molar-refractivity contribution in [3.63, 3.8) is 0 Å². The summed E-state index contributed by atoms with van der Waals surface area (Å²) in [6.45, 7) is -0.672. The van der Waals surface area contributed by atoms with Crippen LogP contribution >= 0.6 is 0 Å². The van der Waals surface area contributed by atoms with Crippen molar-refractivity contribution in [3.05, 3.63) is 0 Å². The molecular weight excluding hydrogens is 161 g/mol. The topological polar surface area (TPSA) is 80.4 Å². The molecule has 0 saturated carbocycles. The number of sulfone groups is 1. The molecule has 6 heteroatoms. The fourth-order valence-electron chi connectivity index (χ4n) is 0.400. The predicted molar refractivity (Wildman–Crippen MR) is 34.8 cm³/mol. The molecule has 3 N–H and O–H groups in total. The second-order valence-corrected chi connectivity index (χ2v) is 4.14. The van der Waals surface area contributed by atoms with E-state index in [1.807, 2.05) is 0 Å². The molecule has 0 aromatic heterocycles. The van der Waals surface area contributed by atoms with Crippen molar-refractivity contribution in [2.45, 2.75) is 11.5 Å². The van der Waals surface area contributed by atoms with Gasteiger partial charge in [0.25, 0.3) is 0 Å². The van der Waals surface area contributed by atoms with Crippen LogP contribution in [0.5, 0.6) is 0 Å². The number of halogens is 1. The maximum absolute atomic E-state index is 12.4. The fraction of sp³-hybridized carbons (Fsp3) is 1.00. The minimum Gasteiger partial charge on any atom is -0.395 e. The monoisotopic (exact) mass is 171 g/mol. The number of hydrogen-bond acceptors (Lipinski definition) is 4. The summed E-state index contributed by atoms with van der Waals surface area (Å²) in [6, 6.07) is -1.34. The lowest BCUT2D eigenvalue weighted by Gasteiger charge is -2.10. The van der Waals surface area contributed by atoms with Crippen molar-refractivity contribution >= 4 is 9.84 Å². The number of hydrogen-bond donors (Lipinski definition) is 2. The molecule has 0 bridgehead atoms. The Balaban J connectivity index is 4.23. The van der Waals surface area contributed by atoms with Gasteiger partial charge in [-0.2, -0.15) is 0 Å². The molecule has 0 aliphatic carbocycles. The third-order valence-corrected chi connectivity index (χ3v) is 2.12. The molecular formula is C4H10FNO3S. The van der Waals surface area contributed by atoms with Gasteiger partial charge in [0.05, 0.1) is 12.6 Å². The highest BCUT2D eigenvalue weighted by molar-refractivity contribution is 7.91. The lowest BCUT2D eigenvalue weighted by Crippen LogP contribution is -2.39. The maximum Gasteiger partial charge on any atom is 0.217 e. The van der Waals surface area contributed by atoms with Gasteiger partial charge in [-0.25, -0.2) is 12.8 Å². The molecule has 0 aromatic carbocycles. The molecule has 4 nitrogen and oxygen atoms in total. The van der Waals surface area contributed by atoms with Crippen LogP contribution in [0.2, 0.25) is 0 Å². The summed E-state index contributed by atoms with van der Waals surface area (Å²) in [5.41, 5.74) is 2.73. The molecule has 0 heterocycles. The Hall–Kier alpha value is -0.200. The Morgan fingerprint density at radius 1 is 1.70 bits per heavy atom. The van der Waals surface area contributed by atoms with Crippen LogP contribution < -0.4 is 5.73 Å².